The standard InChI is InChI=1S/C23H23N3O2S/c1-12(2)13-5-7-14(8-6-13)19-20-16(24-22-21(19)23(28)26-25-22)10-15(11-17(20)27)18-4-3-9-29-18/h3-9,12,15,19H,10-11H2,1-2H3,(H3,24,25,26,28)/t15-,19-/m0/s1. The maximum absolute atomic E-state index is 13.3. The fourth-order valence-corrected chi connectivity index (χ4v) is 5.38. The molecule has 0 fully saturated rings. The van der Waals surface area contributed by atoms with E-state index in [1.54, 1.807) is 11.3 Å². The minimum Gasteiger partial charge on any atom is -0.343 e. The highest BCUT2D eigenvalue weighted by atomic mass is 32.1. The van der Waals surface area contributed by atoms with Crippen LogP contribution in [-0.4, -0.2) is 16.0 Å². The molecule has 6 heteroatoms. The summed E-state index contributed by atoms with van der Waals surface area (Å²) in [5.41, 5.74) is 4.33. The number of hydrogen-bond donors (Lipinski definition) is 3. The maximum atomic E-state index is 13.3. The van der Waals surface area contributed by atoms with Crippen LogP contribution in [-0.2, 0) is 4.79 Å². The molecule has 3 aromatic rings. The number of nitrogens with one attached hydrogen (secondary N) is 3. The predicted molar refractivity (Wildman–Crippen MR) is 116 cm³/mol. The SMILES string of the molecule is CC(C)c1ccc([C@H]2C3=C(C[C@H](c4cccs4)CC3=O)Nc3[nH][nH]c(=O)c32)cc1. The molecule has 5 nitrogen and oxygen atoms in total. The number of fused-ring (bicyclic) bond motifs is 1. The molecular weight excluding hydrogens is 382 g/mol. The molecule has 2 aliphatic rings. The van der Waals surface area contributed by atoms with Gasteiger partial charge in [-0.05, 0) is 34.9 Å². The van der Waals surface area contributed by atoms with Crippen molar-refractivity contribution in [2.45, 2.75) is 44.4 Å². The average molecular weight is 406 g/mol. The number of aromatic nitrogens is 2. The first-order chi connectivity index (χ1) is 14.0. The third-order valence-corrected chi connectivity index (χ3v) is 7.09. The molecule has 2 aromatic heterocycles. The normalized spacial score (nSPS) is 21.1. The van der Waals surface area contributed by atoms with E-state index in [9.17, 15) is 9.59 Å². The molecule has 3 heterocycles. The van der Waals surface area contributed by atoms with Gasteiger partial charge in [0, 0.05) is 34.4 Å². The number of allylic oxidation sites excluding steroid dienone is 2. The van der Waals surface area contributed by atoms with E-state index in [1.807, 2.05) is 6.07 Å². The van der Waals surface area contributed by atoms with E-state index in [0.717, 1.165) is 23.3 Å². The van der Waals surface area contributed by atoms with Crippen LogP contribution in [0.25, 0.3) is 0 Å². The van der Waals surface area contributed by atoms with Gasteiger partial charge < -0.3 is 5.32 Å². The Morgan fingerprint density at radius 1 is 1.03 bits per heavy atom. The Kier molecular flexibility index (Phi) is 4.32. The summed E-state index contributed by atoms with van der Waals surface area (Å²) in [5, 5.41) is 11.1. The second-order valence-electron chi connectivity index (χ2n) is 8.18. The van der Waals surface area contributed by atoms with Crippen molar-refractivity contribution >= 4 is 22.9 Å². The second-order valence-corrected chi connectivity index (χ2v) is 9.16. The summed E-state index contributed by atoms with van der Waals surface area (Å²) in [7, 11) is 0. The number of benzene rings is 1. The average Bonchev–Trinajstić information content (AvgIpc) is 3.37. The van der Waals surface area contributed by atoms with Crippen LogP contribution in [0.3, 0.4) is 0 Å². The Morgan fingerprint density at radius 3 is 2.52 bits per heavy atom. The van der Waals surface area contributed by atoms with Crippen LogP contribution in [0.15, 0.2) is 57.8 Å². The number of ketones is 1. The quantitative estimate of drug-likeness (QED) is 0.583. The van der Waals surface area contributed by atoms with Gasteiger partial charge in [-0.1, -0.05) is 44.2 Å². The van der Waals surface area contributed by atoms with Gasteiger partial charge in [0.05, 0.1) is 5.56 Å². The number of carbonyl (C=O) groups is 1. The van der Waals surface area contributed by atoms with Crippen molar-refractivity contribution < 1.29 is 4.79 Å². The van der Waals surface area contributed by atoms with Gasteiger partial charge in [0.2, 0.25) is 0 Å². The summed E-state index contributed by atoms with van der Waals surface area (Å²) in [4.78, 5) is 27.2. The van der Waals surface area contributed by atoms with E-state index in [2.05, 4.69) is 65.1 Å². The van der Waals surface area contributed by atoms with Gasteiger partial charge >= 0.3 is 0 Å². The lowest BCUT2D eigenvalue weighted by Crippen LogP contribution is -2.31. The summed E-state index contributed by atoms with van der Waals surface area (Å²) in [6, 6.07) is 12.5. The molecular formula is C23H23N3O2S. The number of H-pyrrole nitrogens is 2. The number of anilines is 1. The fourth-order valence-electron chi connectivity index (χ4n) is 4.55. The zero-order valence-corrected chi connectivity index (χ0v) is 17.2. The first kappa shape index (κ1) is 18.2. The van der Waals surface area contributed by atoms with Gasteiger partial charge in [-0.2, -0.15) is 0 Å². The number of aromatic amines is 2. The Morgan fingerprint density at radius 2 is 1.83 bits per heavy atom. The van der Waals surface area contributed by atoms with Crippen molar-refractivity contribution in [2.24, 2.45) is 0 Å². The van der Waals surface area contributed by atoms with Crippen LogP contribution < -0.4 is 10.9 Å². The van der Waals surface area contributed by atoms with Crippen LogP contribution in [0.1, 0.15) is 66.0 Å². The number of rotatable bonds is 3. The molecule has 1 aliphatic heterocycles. The highest BCUT2D eigenvalue weighted by Gasteiger charge is 2.40. The van der Waals surface area contributed by atoms with E-state index in [1.165, 1.54) is 10.4 Å². The summed E-state index contributed by atoms with van der Waals surface area (Å²) in [5.74, 6) is 1.08. The summed E-state index contributed by atoms with van der Waals surface area (Å²) in [6.45, 7) is 4.31. The van der Waals surface area contributed by atoms with E-state index in [4.69, 9.17) is 0 Å². The largest absolute Gasteiger partial charge is 0.343 e. The highest BCUT2D eigenvalue weighted by Crippen LogP contribution is 2.47. The zero-order chi connectivity index (χ0) is 20.1. The molecule has 3 N–H and O–H groups in total. The third-order valence-electron chi connectivity index (χ3n) is 6.06. The van der Waals surface area contributed by atoms with Crippen molar-refractivity contribution in [1.29, 1.82) is 0 Å². The van der Waals surface area contributed by atoms with Gasteiger partial charge in [0.15, 0.2) is 5.78 Å². The van der Waals surface area contributed by atoms with Gasteiger partial charge in [-0.15, -0.1) is 11.3 Å². The molecule has 0 amide bonds. The summed E-state index contributed by atoms with van der Waals surface area (Å²) < 4.78 is 0. The maximum Gasteiger partial charge on any atom is 0.270 e. The minimum atomic E-state index is -0.339. The molecule has 0 saturated carbocycles. The van der Waals surface area contributed by atoms with E-state index in [0.29, 0.717) is 23.7 Å². The van der Waals surface area contributed by atoms with Crippen LogP contribution in [0.4, 0.5) is 5.82 Å². The first-order valence-electron chi connectivity index (χ1n) is 10.00. The topological polar surface area (TPSA) is 77.8 Å². The zero-order valence-electron chi connectivity index (χ0n) is 16.4. The number of thiophene rings is 1. The molecule has 0 saturated heterocycles. The molecule has 0 spiro atoms. The molecule has 1 aliphatic carbocycles. The second kappa shape index (κ2) is 6.88. The van der Waals surface area contributed by atoms with Crippen LogP contribution in [0.5, 0.6) is 0 Å². The van der Waals surface area contributed by atoms with E-state index < -0.39 is 0 Å². The molecule has 148 valence electrons. The van der Waals surface area contributed by atoms with Crippen LogP contribution in [0, 0.1) is 0 Å². The highest BCUT2D eigenvalue weighted by molar-refractivity contribution is 7.10. The van der Waals surface area contributed by atoms with Crippen molar-refractivity contribution in [3.05, 3.63) is 85.0 Å². The van der Waals surface area contributed by atoms with Crippen LogP contribution in [0.2, 0.25) is 0 Å². The van der Waals surface area contributed by atoms with Gasteiger partial charge in [-0.3, -0.25) is 19.8 Å². The monoisotopic (exact) mass is 405 g/mol. The lowest BCUT2D eigenvalue weighted by Gasteiger charge is -2.34. The fraction of sp³-hybridized carbons (Fsp3) is 0.304. The van der Waals surface area contributed by atoms with Crippen molar-refractivity contribution in [2.75, 3.05) is 5.32 Å². The van der Waals surface area contributed by atoms with Crippen molar-refractivity contribution in [1.82, 2.24) is 10.2 Å². The van der Waals surface area contributed by atoms with E-state index in [-0.39, 0.29) is 23.2 Å². The lowest BCUT2D eigenvalue weighted by molar-refractivity contribution is -0.116. The molecule has 2 atom stereocenters. The van der Waals surface area contributed by atoms with E-state index >= 15 is 0 Å². The molecule has 1 aromatic carbocycles. The summed E-state index contributed by atoms with van der Waals surface area (Å²) in [6.07, 6.45) is 1.26. The lowest BCUT2D eigenvalue weighted by atomic mass is 9.73. The van der Waals surface area contributed by atoms with Crippen LogP contribution >= 0.6 is 11.3 Å². The summed E-state index contributed by atoms with van der Waals surface area (Å²) >= 11 is 1.70. The molecule has 0 bridgehead atoms. The number of Topliss-reactive ketones (excluding diaryl/α,β-unsaturated/α-hetero) is 1. The Labute approximate surface area is 172 Å². The molecule has 0 radical (unpaired) electrons. The minimum absolute atomic E-state index is 0.126. The Bertz CT molecular complexity index is 1150. The first-order valence-corrected chi connectivity index (χ1v) is 10.9. The number of hydrogen-bond acceptors (Lipinski definition) is 4. The smallest absolute Gasteiger partial charge is 0.270 e. The number of carbonyl (C=O) groups excluding carboxylic acids is 1. The Balaban J connectivity index is 1.62. The third kappa shape index (κ3) is 2.99. The van der Waals surface area contributed by atoms with Gasteiger partial charge in [0.25, 0.3) is 5.56 Å². The Hall–Kier alpha value is -2.86. The van der Waals surface area contributed by atoms with Crippen molar-refractivity contribution in [3.8, 4) is 0 Å². The van der Waals surface area contributed by atoms with Gasteiger partial charge in [-0.25, -0.2) is 0 Å². The molecule has 5 rings (SSSR count). The predicted octanol–water partition coefficient (Wildman–Crippen LogP) is 4.85. The van der Waals surface area contributed by atoms with Crippen molar-refractivity contribution in [3.63, 3.8) is 0 Å². The van der Waals surface area contributed by atoms with Gasteiger partial charge in [0.1, 0.15) is 5.82 Å². The molecule has 29 heavy (non-hydrogen) atoms. The molecule has 0 unspecified atom stereocenters.